The summed E-state index contributed by atoms with van der Waals surface area (Å²) in [5, 5.41) is 0. The molecule has 1 heterocycles. The van der Waals surface area contributed by atoms with Gasteiger partial charge in [0.25, 0.3) is 0 Å². The van der Waals surface area contributed by atoms with Crippen LogP contribution < -0.4 is 10.5 Å². The Morgan fingerprint density at radius 1 is 1.50 bits per heavy atom. The Morgan fingerprint density at radius 3 is 2.83 bits per heavy atom. The zero-order valence-corrected chi connectivity index (χ0v) is 10.7. The molecule has 0 radical (unpaired) electrons. The van der Waals surface area contributed by atoms with Gasteiger partial charge in [-0.15, -0.1) is 0 Å². The number of methoxy groups -OCH3 is 1. The van der Waals surface area contributed by atoms with Crippen molar-refractivity contribution in [2.24, 2.45) is 0 Å². The minimum Gasteiger partial charge on any atom is -0.497 e. The maximum absolute atomic E-state index is 11.8. The normalized spacial score (nSPS) is 10.6. The van der Waals surface area contributed by atoms with Gasteiger partial charge in [-0.1, -0.05) is 0 Å². The van der Waals surface area contributed by atoms with Crippen LogP contribution in [0.2, 0.25) is 0 Å². The third-order valence-electron chi connectivity index (χ3n) is 2.78. The molecule has 2 aromatic rings. The summed E-state index contributed by atoms with van der Waals surface area (Å²) in [4.78, 5) is 17.5. The molecule has 2 N–H and O–H groups in total. The van der Waals surface area contributed by atoms with Crippen molar-refractivity contribution in [1.82, 2.24) is 14.5 Å². The lowest BCUT2D eigenvalue weighted by Gasteiger charge is -2.12. The van der Waals surface area contributed by atoms with E-state index in [9.17, 15) is 4.79 Å². The predicted molar refractivity (Wildman–Crippen MR) is 69.4 cm³/mol. The van der Waals surface area contributed by atoms with Crippen LogP contribution in [0.1, 0.15) is 0 Å². The topological polar surface area (TPSA) is 73.4 Å². The van der Waals surface area contributed by atoms with E-state index >= 15 is 0 Å². The minimum absolute atomic E-state index is 0.0381. The number of carbonyl (C=O) groups is 1. The fourth-order valence-electron chi connectivity index (χ4n) is 1.69. The monoisotopic (exact) mass is 248 g/mol. The Bertz CT molecular complexity index is 589. The molecule has 0 spiro atoms. The van der Waals surface area contributed by atoms with Gasteiger partial charge >= 0.3 is 0 Å². The molecule has 6 nitrogen and oxygen atoms in total. The number of anilines is 1. The second kappa shape index (κ2) is 4.56. The number of fused-ring (bicyclic) bond motifs is 1. The number of hydrogen-bond donors (Lipinski definition) is 1. The first-order chi connectivity index (χ1) is 8.52. The van der Waals surface area contributed by atoms with Gasteiger partial charge in [0.15, 0.2) is 0 Å². The molecule has 0 unspecified atom stereocenters. The Hall–Kier alpha value is -2.24. The number of nitrogens with zero attached hydrogens (tertiary/aromatic N) is 3. The van der Waals surface area contributed by atoms with E-state index in [1.54, 1.807) is 25.8 Å². The molecular weight excluding hydrogens is 232 g/mol. The van der Waals surface area contributed by atoms with Crippen LogP contribution in [0, 0.1) is 0 Å². The van der Waals surface area contributed by atoms with Crippen molar-refractivity contribution in [3.8, 4) is 5.75 Å². The number of hydrogen-bond acceptors (Lipinski definition) is 4. The van der Waals surface area contributed by atoms with E-state index < -0.39 is 0 Å². The Balaban J connectivity index is 2.48. The number of ether oxygens (including phenoxy) is 1. The molecular formula is C12H16N4O2. The van der Waals surface area contributed by atoms with Crippen molar-refractivity contribution in [2.75, 3.05) is 26.9 Å². The van der Waals surface area contributed by atoms with Gasteiger partial charge in [-0.25, -0.2) is 4.98 Å². The molecule has 18 heavy (non-hydrogen) atoms. The summed E-state index contributed by atoms with van der Waals surface area (Å²) in [5.74, 6) is 0.998. The minimum atomic E-state index is -0.0381. The summed E-state index contributed by atoms with van der Waals surface area (Å²) in [7, 11) is 5.01. The summed E-state index contributed by atoms with van der Waals surface area (Å²) in [6, 6.07) is 5.45. The number of nitrogen functional groups attached to an aromatic ring is 1. The Morgan fingerprint density at radius 2 is 2.22 bits per heavy atom. The van der Waals surface area contributed by atoms with E-state index in [4.69, 9.17) is 10.5 Å². The van der Waals surface area contributed by atoms with Crippen LogP contribution in [0.5, 0.6) is 5.75 Å². The summed E-state index contributed by atoms with van der Waals surface area (Å²) in [6.45, 7) is 0.169. The fraction of sp³-hybridized carbons (Fsp3) is 0.333. The number of likely N-dealkylation sites (N-methyl/N-ethyl adjacent to an activating group) is 1. The van der Waals surface area contributed by atoms with Gasteiger partial charge in [0.1, 0.15) is 12.3 Å². The fourth-order valence-corrected chi connectivity index (χ4v) is 1.69. The molecule has 0 fully saturated rings. The number of benzene rings is 1. The van der Waals surface area contributed by atoms with Gasteiger partial charge in [-0.2, -0.15) is 0 Å². The van der Waals surface area contributed by atoms with Gasteiger partial charge in [-0.05, 0) is 12.1 Å². The van der Waals surface area contributed by atoms with Crippen molar-refractivity contribution in [3.05, 3.63) is 18.2 Å². The van der Waals surface area contributed by atoms with Crippen LogP contribution in [0.4, 0.5) is 5.95 Å². The summed E-state index contributed by atoms with van der Waals surface area (Å²) < 4.78 is 6.84. The number of nitrogens with two attached hydrogens (primary N) is 1. The average molecular weight is 248 g/mol. The molecule has 0 aliphatic carbocycles. The number of imidazole rings is 1. The van der Waals surface area contributed by atoms with Crippen molar-refractivity contribution in [1.29, 1.82) is 0 Å². The van der Waals surface area contributed by atoms with E-state index in [2.05, 4.69) is 4.98 Å². The molecule has 1 amide bonds. The van der Waals surface area contributed by atoms with Crippen LogP contribution in [-0.4, -0.2) is 41.6 Å². The second-order valence-corrected chi connectivity index (χ2v) is 4.20. The largest absolute Gasteiger partial charge is 0.497 e. The number of amides is 1. The highest BCUT2D eigenvalue weighted by atomic mass is 16.5. The first-order valence-corrected chi connectivity index (χ1v) is 5.53. The lowest BCUT2D eigenvalue weighted by molar-refractivity contribution is -0.129. The van der Waals surface area contributed by atoms with Crippen molar-refractivity contribution in [3.63, 3.8) is 0 Å². The molecule has 0 atom stereocenters. The number of carbonyl (C=O) groups excluding carboxylic acids is 1. The highest BCUT2D eigenvalue weighted by Crippen LogP contribution is 2.22. The van der Waals surface area contributed by atoms with Crippen molar-refractivity contribution >= 4 is 22.9 Å². The maximum Gasteiger partial charge on any atom is 0.242 e. The first-order valence-electron chi connectivity index (χ1n) is 5.53. The van der Waals surface area contributed by atoms with Gasteiger partial charge < -0.3 is 19.9 Å². The standard InChI is InChI=1S/C12H16N4O2/c1-15(2)11(17)7-16-10-6-8(18-3)4-5-9(10)14-12(16)13/h4-6H,7H2,1-3H3,(H2,13,14). The van der Waals surface area contributed by atoms with Crippen LogP contribution in [0.3, 0.4) is 0 Å². The van der Waals surface area contributed by atoms with E-state index in [0.717, 1.165) is 11.0 Å². The molecule has 0 bridgehead atoms. The van der Waals surface area contributed by atoms with Gasteiger partial charge in [0, 0.05) is 20.2 Å². The highest BCUT2D eigenvalue weighted by molar-refractivity contribution is 5.83. The number of rotatable bonds is 3. The van der Waals surface area contributed by atoms with Crippen LogP contribution in [-0.2, 0) is 11.3 Å². The Labute approximate surface area is 105 Å². The van der Waals surface area contributed by atoms with Crippen LogP contribution >= 0.6 is 0 Å². The lowest BCUT2D eigenvalue weighted by atomic mass is 10.3. The smallest absolute Gasteiger partial charge is 0.242 e. The van der Waals surface area contributed by atoms with Gasteiger partial charge in [0.05, 0.1) is 18.1 Å². The zero-order chi connectivity index (χ0) is 13.3. The maximum atomic E-state index is 11.8. The van der Waals surface area contributed by atoms with Crippen molar-refractivity contribution < 1.29 is 9.53 Å². The van der Waals surface area contributed by atoms with E-state index in [-0.39, 0.29) is 12.5 Å². The van der Waals surface area contributed by atoms with E-state index in [1.807, 2.05) is 18.2 Å². The van der Waals surface area contributed by atoms with Gasteiger partial charge in [0.2, 0.25) is 11.9 Å². The third kappa shape index (κ3) is 2.09. The molecule has 1 aromatic carbocycles. The Kier molecular flexibility index (Phi) is 3.10. The second-order valence-electron chi connectivity index (χ2n) is 4.20. The summed E-state index contributed by atoms with van der Waals surface area (Å²) >= 11 is 0. The lowest BCUT2D eigenvalue weighted by Crippen LogP contribution is -2.26. The quantitative estimate of drug-likeness (QED) is 0.868. The SMILES string of the molecule is COc1ccc2nc(N)n(CC(=O)N(C)C)c2c1. The average Bonchev–Trinajstić information content (AvgIpc) is 2.65. The number of aromatic nitrogens is 2. The molecule has 0 aliphatic heterocycles. The zero-order valence-electron chi connectivity index (χ0n) is 10.7. The first kappa shape index (κ1) is 12.2. The van der Waals surface area contributed by atoms with Crippen molar-refractivity contribution in [2.45, 2.75) is 6.54 Å². The predicted octanol–water partition coefficient (Wildman–Crippen LogP) is 0.715. The molecule has 2 rings (SSSR count). The van der Waals surface area contributed by atoms with E-state index in [1.165, 1.54) is 4.90 Å². The highest BCUT2D eigenvalue weighted by Gasteiger charge is 2.13. The van der Waals surface area contributed by atoms with E-state index in [0.29, 0.717) is 11.7 Å². The molecule has 96 valence electrons. The molecule has 0 aliphatic rings. The molecule has 0 saturated heterocycles. The molecule has 1 aromatic heterocycles. The van der Waals surface area contributed by atoms with Crippen LogP contribution in [0.15, 0.2) is 18.2 Å². The van der Waals surface area contributed by atoms with Crippen LogP contribution in [0.25, 0.3) is 11.0 Å². The summed E-state index contributed by atoms with van der Waals surface area (Å²) in [5.41, 5.74) is 7.38. The third-order valence-corrected chi connectivity index (χ3v) is 2.78. The summed E-state index contributed by atoms with van der Waals surface area (Å²) in [6.07, 6.45) is 0. The van der Waals surface area contributed by atoms with Gasteiger partial charge in [-0.3, -0.25) is 4.79 Å². The molecule has 6 heteroatoms. The molecule has 0 saturated carbocycles.